The van der Waals surface area contributed by atoms with Crippen molar-refractivity contribution >= 4 is 33.4 Å². The number of carbonyl (C=O) groups is 2. The second-order valence-electron chi connectivity index (χ2n) is 9.05. The van der Waals surface area contributed by atoms with Gasteiger partial charge in [0.25, 0.3) is 5.91 Å². The summed E-state index contributed by atoms with van der Waals surface area (Å²) in [4.78, 5) is 29.9. The molecule has 1 fully saturated rings. The number of methoxy groups -OCH3 is 1. The number of rotatable bonds is 9. The molecule has 1 amide bonds. The summed E-state index contributed by atoms with van der Waals surface area (Å²) in [7, 11) is -0.0000906. The molecule has 1 atom stereocenters. The standard InChI is InChI=1S/C27H27FN4O5S/c1-36-25(33)10-13-38(35,37-2)21-5-3-4-18(14-21)27(11-12-27)31-26(34)23-15-29-17-24-22(23)16-30-32(24)20-8-6-19(28)7-9-20/h3-9,14-17,35H,10-13H2,1-2H3,(H,31,34). The smallest absolute Gasteiger partial charge is 0.307 e. The van der Waals surface area contributed by atoms with Gasteiger partial charge in [0, 0.05) is 11.6 Å². The fraction of sp³-hybridized carbons (Fsp3) is 0.259. The molecule has 0 spiro atoms. The maximum atomic E-state index is 13.5. The van der Waals surface area contributed by atoms with Gasteiger partial charge in [0.15, 0.2) is 0 Å². The molecule has 5 rings (SSSR count). The van der Waals surface area contributed by atoms with E-state index in [-0.39, 0.29) is 23.9 Å². The van der Waals surface area contributed by atoms with Crippen LogP contribution in [0.2, 0.25) is 0 Å². The summed E-state index contributed by atoms with van der Waals surface area (Å²) in [5.41, 5.74) is 1.88. The molecule has 0 radical (unpaired) electrons. The van der Waals surface area contributed by atoms with Gasteiger partial charge in [-0.1, -0.05) is 12.1 Å². The predicted molar refractivity (Wildman–Crippen MR) is 141 cm³/mol. The monoisotopic (exact) mass is 538 g/mol. The van der Waals surface area contributed by atoms with E-state index in [0.29, 0.717) is 27.0 Å². The second kappa shape index (κ2) is 10.2. The van der Waals surface area contributed by atoms with Crippen molar-refractivity contribution in [3.8, 4) is 5.69 Å². The summed E-state index contributed by atoms with van der Waals surface area (Å²) in [6.07, 6.45) is 6.18. The lowest BCUT2D eigenvalue weighted by Gasteiger charge is -2.37. The van der Waals surface area contributed by atoms with E-state index in [1.807, 2.05) is 12.1 Å². The van der Waals surface area contributed by atoms with Crippen LogP contribution in [0.15, 0.2) is 72.0 Å². The van der Waals surface area contributed by atoms with Gasteiger partial charge >= 0.3 is 5.97 Å². The Morgan fingerprint density at radius 3 is 2.58 bits per heavy atom. The maximum absolute atomic E-state index is 13.5. The lowest BCUT2D eigenvalue weighted by Crippen LogP contribution is -2.35. The van der Waals surface area contributed by atoms with Crippen molar-refractivity contribution in [3.63, 3.8) is 0 Å². The zero-order valence-electron chi connectivity index (χ0n) is 20.9. The Labute approximate surface area is 220 Å². The molecule has 1 aliphatic rings. The van der Waals surface area contributed by atoms with Crippen molar-refractivity contribution < 1.29 is 27.5 Å². The van der Waals surface area contributed by atoms with Gasteiger partial charge in [0.1, 0.15) is 5.82 Å². The van der Waals surface area contributed by atoms with Crippen molar-refractivity contribution in [2.24, 2.45) is 0 Å². The van der Waals surface area contributed by atoms with Crippen molar-refractivity contribution in [3.05, 3.63) is 84.1 Å². The first-order valence-electron chi connectivity index (χ1n) is 12.0. The van der Waals surface area contributed by atoms with E-state index in [1.54, 1.807) is 41.3 Å². The van der Waals surface area contributed by atoms with Gasteiger partial charge in [0.05, 0.1) is 66.0 Å². The third-order valence-electron chi connectivity index (χ3n) is 6.76. The number of halogens is 1. The van der Waals surface area contributed by atoms with E-state index in [4.69, 9.17) is 8.92 Å². The number of hydrogen-bond acceptors (Lipinski definition) is 7. The lowest BCUT2D eigenvalue weighted by molar-refractivity contribution is -0.140. The van der Waals surface area contributed by atoms with Crippen LogP contribution in [-0.4, -0.2) is 51.2 Å². The van der Waals surface area contributed by atoms with E-state index < -0.39 is 22.1 Å². The number of benzene rings is 2. The molecule has 1 saturated carbocycles. The van der Waals surface area contributed by atoms with Crippen LogP contribution in [0, 0.1) is 5.82 Å². The first kappa shape index (κ1) is 25.8. The molecule has 11 heteroatoms. The van der Waals surface area contributed by atoms with Gasteiger partial charge < -0.3 is 10.1 Å². The maximum Gasteiger partial charge on any atom is 0.307 e. The molecule has 1 unspecified atom stereocenters. The number of fused-ring (bicyclic) bond motifs is 1. The Hall–Kier alpha value is -3.80. The van der Waals surface area contributed by atoms with Gasteiger partial charge in [0.2, 0.25) is 0 Å². The Bertz CT molecular complexity index is 1510. The molecular formula is C27H27FN4O5S. The lowest BCUT2D eigenvalue weighted by atomic mass is 10.0. The Morgan fingerprint density at radius 2 is 1.89 bits per heavy atom. The first-order chi connectivity index (χ1) is 18.3. The molecule has 2 N–H and O–H groups in total. The highest BCUT2D eigenvalue weighted by Gasteiger charge is 2.46. The highest BCUT2D eigenvalue weighted by atomic mass is 32.3. The number of aromatic nitrogens is 3. The number of ether oxygens (including phenoxy) is 1. The number of nitrogens with one attached hydrogen (secondary N) is 1. The van der Waals surface area contributed by atoms with Crippen LogP contribution in [0.3, 0.4) is 0 Å². The van der Waals surface area contributed by atoms with Gasteiger partial charge in [-0.2, -0.15) is 15.7 Å². The minimum Gasteiger partial charge on any atom is -0.469 e. The molecule has 38 heavy (non-hydrogen) atoms. The third-order valence-corrected chi connectivity index (χ3v) is 9.06. The second-order valence-corrected chi connectivity index (χ2v) is 11.5. The van der Waals surface area contributed by atoms with Crippen LogP contribution in [-0.2, 0) is 19.3 Å². The first-order valence-corrected chi connectivity index (χ1v) is 13.6. The van der Waals surface area contributed by atoms with Crippen LogP contribution < -0.4 is 5.32 Å². The van der Waals surface area contributed by atoms with E-state index in [0.717, 1.165) is 18.4 Å². The number of carbonyl (C=O) groups excluding carboxylic acids is 2. The van der Waals surface area contributed by atoms with E-state index >= 15 is 0 Å². The van der Waals surface area contributed by atoms with Crippen LogP contribution >= 0.6 is 10.6 Å². The van der Waals surface area contributed by atoms with Crippen LogP contribution in [0.5, 0.6) is 0 Å². The van der Waals surface area contributed by atoms with Crippen LogP contribution in [0.25, 0.3) is 16.6 Å². The summed E-state index contributed by atoms with van der Waals surface area (Å²) >= 11 is 0. The molecule has 0 saturated heterocycles. The summed E-state index contributed by atoms with van der Waals surface area (Å²) < 4.78 is 36.3. The van der Waals surface area contributed by atoms with Crippen molar-refractivity contribution in [1.29, 1.82) is 0 Å². The number of nitrogens with zero attached hydrogens (tertiary/aromatic N) is 3. The van der Waals surface area contributed by atoms with Crippen molar-refractivity contribution in [2.75, 3.05) is 20.0 Å². The van der Waals surface area contributed by atoms with Gasteiger partial charge in [-0.25, -0.2) is 9.07 Å². The predicted octanol–water partition coefficient (Wildman–Crippen LogP) is 4.74. The minimum atomic E-state index is -2.71. The van der Waals surface area contributed by atoms with Crippen LogP contribution in [0.4, 0.5) is 4.39 Å². The SMILES string of the molecule is COC(=O)CCS(O)(OC)c1cccc(C2(NC(=O)c3cncc4c3cnn4-c3ccc(F)cc3)CC2)c1. The van der Waals surface area contributed by atoms with E-state index in [2.05, 4.69) is 15.4 Å². The Balaban J connectivity index is 1.40. The minimum absolute atomic E-state index is 0.0187. The molecule has 0 aliphatic heterocycles. The van der Waals surface area contributed by atoms with Gasteiger partial charge in [-0.15, -0.1) is 0 Å². The third kappa shape index (κ3) is 4.87. The molecular weight excluding hydrogens is 511 g/mol. The zero-order chi connectivity index (χ0) is 26.9. The average molecular weight is 539 g/mol. The summed E-state index contributed by atoms with van der Waals surface area (Å²) in [5.74, 6) is -0.980. The number of esters is 1. The molecule has 198 valence electrons. The Kier molecular flexibility index (Phi) is 6.91. The average Bonchev–Trinajstić information content (AvgIpc) is 3.60. The molecule has 0 bridgehead atoms. The van der Waals surface area contributed by atoms with E-state index in [9.17, 15) is 18.5 Å². The van der Waals surface area contributed by atoms with Gasteiger partial charge in [-0.3, -0.25) is 23.3 Å². The molecule has 2 aromatic carbocycles. The van der Waals surface area contributed by atoms with Crippen molar-refractivity contribution in [2.45, 2.75) is 29.7 Å². The van der Waals surface area contributed by atoms with E-state index in [1.165, 1.54) is 32.5 Å². The largest absolute Gasteiger partial charge is 0.469 e. The zero-order valence-corrected chi connectivity index (χ0v) is 21.7. The molecule has 2 aromatic heterocycles. The number of pyridine rings is 1. The Morgan fingerprint density at radius 1 is 1.13 bits per heavy atom. The molecule has 2 heterocycles. The van der Waals surface area contributed by atoms with Crippen molar-refractivity contribution in [1.82, 2.24) is 20.1 Å². The highest BCUT2D eigenvalue weighted by Crippen LogP contribution is 2.55. The fourth-order valence-electron chi connectivity index (χ4n) is 4.42. The molecule has 1 aliphatic carbocycles. The summed E-state index contributed by atoms with van der Waals surface area (Å²) in [6, 6.07) is 13.2. The molecule has 4 aromatic rings. The fourth-order valence-corrected chi connectivity index (χ4v) is 6.06. The summed E-state index contributed by atoms with van der Waals surface area (Å²) in [5, 5.41) is 8.16. The number of amides is 1. The highest BCUT2D eigenvalue weighted by molar-refractivity contribution is 8.25. The van der Waals surface area contributed by atoms with Gasteiger partial charge in [-0.05, 0) is 54.8 Å². The topological polar surface area (TPSA) is 116 Å². The summed E-state index contributed by atoms with van der Waals surface area (Å²) in [6.45, 7) is 0. The van der Waals surface area contributed by atoms with Crippen LogP contribution in [0.1, 0.15) is 35.2 Å². The normalized spacial score (nSPS) is 16.4. The quantitative estimate of drug-likeness (QED) is 0.296. The molecule has 9 nitrogen and oxygen atoms in total. The number of hydrogen-bond donors (Lipinski definition) is 2.